The minimum atomic E-state index is -0.276. The summed E-state index contributed by atoms with van der Waals surface area (Å²) in [5, 5.41) is 8.65. The number of nitrogens with one attached hydrogen (secondary N) is 1. The van der Waals surface area contributed by atoms with Crippen LogP contribution in [0.1, 0.15) is 21.7 Å². The van der Waals surface area contributed by atoms with Gasteiger partial charge in [0.05, 0.1) is 0 Å². The van der Waals surface area contributed by atoms with Gasteiger partial charge in [0.1, 0.15) is 5.58 Å². The van der Waals surface area contributed by atoms with E-state index in [4.69, 9.17) is 4.42 Å². The second-order valence-electron chi connectivity index (χ2n) is 6.88. The largest absolute Gasteiger partial charge is 0.451 e. The fourth-order valence-corrected chi connectivity index (χ4v) is 4.08. The Labute approximate surface area is 187 Å². The molecule has 5 rings (SSSR count). The lowest BCUT2D eigenvalue weighted by molar-refractivity contribution is 0.0924. The Bertz CT molecular complexity index is 1330. The number of benzene rings is 1. The van der Waals surface area contributed by atoms with E-state index in [0.717, 1.165) is 16.5 Å². The Hall–Kier alpha value is -3.98. The van der Waals surface area contributed by atoms with Crippen LogP contribution in [0.25, 0.3) is 16.8 Å². The second kappa shape index (κ2) is 9.03. The van der Waals surface area contributed by atoms with Gasteiger partial charge in [-0.25, -0.2) is 19.6 Å². The fourth-order valence-electron chi connectivity index (χ4n) is 3.25. The summed E-state index contributed by atoms with van der Waals surface area (Å²) in [5.74, 6) is 1.26. The van der Waals surface area contributed by atoms with Crippen LogP contribution in [0.4, 0.5) is 0 Å². The van der Waals surface area contributed by atoms with E-state index in [1.807, 2.05) is 48.7 Å². The Balaban J connectivity index is 1.32. The van der Waals surface area contributed by atoms with E-state index < -0.39 is 0 Å². The van der Waals surface area contributed by atoms with Gasteiger partial charge < -0.3 is 9.73 Å². The van der Waals surface area contributed by atoms with E-state index in [1.54, 1.807) is 35.5 Å². The van der Waals surface area contributed by atoms with Crippen molar-refractivity contribution in [2.24, 2.45) is 0 Å². The summed E-state index contributed by atoms with van der Waals surface area (Å²) in [6.45, 7) is 0.330. The molecule has 1 aromatic carbocycles. The number of fused-ring (bicyclic) bond motifs is 1. The van der Waals surface area contributed by atoms with Crippen LogP contribution >= 0.6 is 11.8 Å². The maximum atomic E-state index is 13.0. The van der Waals surface area contributed by atoms with Gasteiger partial charge in [0.15, 0.2) is 16.7 Å². The number of carbonyl (C=O) groups is 1. The molecule has 9 heteroatoms. The van der Waals surface area contributed by atoms with Crippen LogP contribution in [-0.4, -0.2) is 30.6 Å². The lowest BCUT2D eigenvalue weighted by Gasteiger charge is -2.06. The van der Waals surface area contributed by atoms with Gasteiger partial charge in [0, 0.05) is 54.2 Å². The molecule has 1 N–H and O–H groups in total. The van der Waals surface area contributed by atoms with Gasteiger partial charge >= 0.3 is 0 Å². The number of pyridine rings is 1. The lowest BCUT2D eigenvalue weighted by Crippen LogP contribution is -2.23. The normalized spacial score (nSPS) is 11.0. The number of amides is 1. The van der Waals surface area contributed by atoms with Crippen molar-refractivity contribution in [1.29, 1.82) is 0 Å². The van der Waals surface area contributed by atoms with Crippen molar-refractivity contribution in [3.8, 4) is 5.82 Å². The van der Waals surface area contributed by atoms with E-state index in [0.29, 0.717) is 34.6 Å². The van der Waals surface area contributed by atoms with Crippen molar-refractivity contribution in [3.63, 3.8) is 0 Å². The van der Waals surface area contributed by atoms with Crippen LogP contribution in [0.2, 0.25) is 0 Å². The van der Waals surface area contributed by atoms with Crippen LogP contribution in [0.3, 0.4) is 0 Å². The Morgan fingerprint density at radius 2 is 1.88 bits per heavy atom. The summed E-state index contributed by atoms with van der Waals surface area (Å²) in [7, 11) is 0. The summed E-state index contributed by atoms with van der Waals surface area (Å²) in [4.78, 5) is 25.9. The zero-order valence-electron chi connectivity index (χ0n) is 16.9. The van der Waals surface area contributed by atoms with E-state index in [9.17, 15) is 4.79 Å². The highest BCUT2D eigenvalue weighted by atomic mass is 32.2. The number of nitrogens with zero attached hydrogens (tertiary/aromatic N) is 5. The first kappa shape index (κ1) is 20.0. The molecule has 0 unspecified atom stereocenters. The zero-order valence-corrected chi connectivity index (χ0v) is 17.7. The first-order valence-corrected chi connectivity index (χ1v) is 10.9. The molecule has 0 spiro atoms. The van der Waals surface area contributed by atoms with Crippen molar-refractivity contribution in [3.05, 3.63) is 96.4 Å². The molecule has 8 nitrogen and oxygen atoms in total. The molecular weight excluding hydrogens is 424 g/mol. The molecule has 4 heterocycles. The number of aromatic nitrogens is 5. The Kier molecular flexibility index (Phi) is 5.63. The molecule has 0 saturated carbocycles. The van der Waals surface area contributed by atoms with Crippen LogP contribution in [-0.2, 0) is 12.3 Å². The van der Waals surface area contributed by atoms with E-state index in [2.05, 4.69) is 25.4 Å². The number of para-hydroxylation sites is 1. The van der Waals surface area contributed by atoms with Gasteiger partial charge in [0.2, 0.25) is 0 Å². The highest BCUT2D eigenvalue weighted by Crippen LogP contribution is 2.31. The van der Waals surface area contributed by atoms with E-state index >= 15 is 0 Å². The van der Waals surface area contributed by atoms with Gasteiger partial charge in [-0.05, 0) is 29.8 Å². The molecule has 0 atom stereocenters. The minimum absolute atomic E-state index is 0.276. The molecule has 0 bridgehead atoms. The van der Waals surface area contributed by atoms with Crippen molar-refractivity contribution in [2.45, 2.75) is 17.5 Å². The quantitative estimate of drug-likeness (QED) is 0.300. The maximum absolute atomic E-state index is 13.0. The smallest absolute Gasteiger partial charge is 0.287 e. The fraction of sp³-hybridized carbons (Fsp3) is 0.0870. The van der Waals surface area contributed by atoms with Crippen molar-refractivity contribution in [2.75, 3.05) is 0 Å². The second-order valence-corrected chi connectivity index (χ2v) is 7.83. The third-order valence-electron chi connectivity index (χ3n) is 4.79. The molecule has 0 fully saturated rings. The average Bonchev–Trinajstić information content (AvgIpc) is 3.51. The minimum Gasteiger partial charge on any atom is -0.451 e. The number of carbonyl (C=O) groups excluding carboxylic acids is 1. The zero-order chi connectivity index (χ0) is 21.8. The lowest BCUT2D eigenvalue weighted by atomic mass is 10.1. The van der Waals surface area contributed by atoms with Crippen molar-refractivity contribution < 1.29 is 9.21 Å². The Morgan fingerprint density at radius 1 is 1.00 bits per heavy atom. The number of thioether (sulfide) groups is 1. The first-order valence-electron chi connectivity index (χ1n) is 9.91. The van der Waals surface area contributed by atoms with Gasteiger partial charge in [-0.3, -0.25) is 4.79 Å². The third kappa shape index (κ3) is 4.23. The number of hydrogen-bond donors (Lipinski definition) is 1. The van der Waals surface area contributed by atoms with Gasteiger partial charge in [0.25, 0.3) is 5.91 Å². The van der Waals surface area contributed by atoms with E-state index in [1.165, 1.54) is 11.8 Å². The molecule has 4 aromatic heterocycles. The van der Waals surface area contributed by atoms with Crippen LogP contribution < -0.4 is 5.32 Å². The monoisotopic (exact) mass is 442 g/mol. The molecule has 0 aliphatic rings. The third-order valence-corrected chi connectivity index (χ3v) is 5.70. The molecule has 0 saturated heterocycles. The predicted molar refractivity (Wildman–Crippen MR) is 120 cm³/mol. The van der Waals surface area contributed by atoms with E-state index in [-0.39, 0.29) is 5.91 Å². The molecule has 158 valence electrons. The summed E-state index contributed by atoms with van der Waals surface area (Å²) < 4.78 is 7.59. The molecular formula is C23H18N6O2S. The highest BCUT2D eigenvalue weighted by Gasteiger charge is 2.20. The van der Waals surface area contributed by atoms with Gasteiger partial charge in [-0.2, -0.15) is 5.10 Å². The maximum Gasteiger partial charge on any atom is 0.287 e. The highest BCUT2D eigenvalue weighted by molar-refractivity contribution is 7.98. The summed E-state index contributed by atoms with van der Waals surface area (Å²) in [5.41, 5.74) is 2.37. The predicted octanol–water partition coefficient (Wildman–Crippen LogP) is 4.03. The van der Waals surface area contributed by atoms with Crippen LogP contribution in [0.5, 0.6) is 0 Å². The summed E-state index contributed by atoms with van der Waals surface area (Å²) >= 11 is 1.46. The molecule has 1 amide bonds. The van der Waals surface area contributed by atoms with Gasteiger partial charge in [-0.1, -0.05) is 36.0 Å². The molecule has 5 aromatic rings. The molecule has 0 radical (unpaired) electrons. The van der Waals surface area contributed by atoms with Crippen LogP contribution in [0, 0.1) is 0 Å². The topological polar surface area (TPSA) is 98.7 Å². The molecule has 0 aliphatic heterocycles. The number of hydrogen-bond acceptors (Lipinski definition) is 7. The summed E-state index contributed by atoms with van der Waals surface area (Å²) in [6.07, 6.45) is 8.64. The average molecular weight is 443 g/mol. The first-order chi connectivity index (χ1) is 15.8. The molecule has 32 heavy (non-hydrogen) atoms. The van der Waals surface area contributed by atoms with Crippen molar-refractivity contribution in [1.82, 2.24) is 30.0 Å². The van der Waals surface area contributed by atoms with Gasteiger partial charge in [-0.15, -0.1) is 0 Å². The Morgan fingerprint density at radius 3 is 2.66 bits per heavy atom. The standard InChI is InChI=1S/C23H18N6O2S/c30-22(27-14-16-7-8-20(26-13-16)29-12-4-11-28-29)21-18(15-32-23-24-9-3-10-25-23)17-5-1-2-6-19(17)31-21/h1-13H,14-15H2,(H,27,30). The SMILES string of the molecule is O=C(NCc1ccc(-n2cccn2)nc1)c1oc2ccccc2c1CSc1ncccn1. The molecule has 0 aliphatic carbocycles. The van der Waals surface area contributed by atoms with Crippen LogP contribution in [0.15, 0.2) is 89.1 Å². The number of furan rings is 1. The van der Waals surface area contributed by atoms with Crippen molar-refractivity contribution >= 4 is 28.6 Å². The number of rotatable bonds is 7. The summed E-state index contributed by atoms with van der Waals surface area (Å²) in [6, 6.07) is 15.0.